The Balaban J connectivity index is 1.55. The van der Waals surface area contributed by atoms with Gasteiger partial charge in [-0.1, -0.05) is 12.1 Å². The number of nitrogens with zero attached hydrogens (tertiary/aromatic N) is 3. The third-order valence-corrected chi connectivity index (χ3v) is 3.43. The van der Waals surface area contributed by atoms with E-state index in [0.717, 1.165) is 11.3 Å². The summed E-state index contributed by atoms with van der Waals surface area (Å²) in [5.41, 5.74) is 1.92. The molecule has 0 fully saturated rings. The number of urea groups is 1. The van der Waals surface area contributed by atoms with Crippen LogP contribution in [-0.2, 0) is 6.54 Å². The van der Waals surface area contributed by atoms with Gasteiger partial charge in [-0.3, -0.25) is 0 Å². The maximum atomic E-state index is 11.9. The smallest absolute Gasteiger partial charge is 0.315 e. The highest BCUT2D eigenvalue weighted by Crippen LogP contribution is 2.15. The molecule has 23 heavy (non-hydrogen) atoms. The second-order valence-electron chi connectivity index (χ2n) is 5.06. The summed E-state index contributed by atoms with van der Waals surface area (Å²) in [6.07, 6.45) is 4.70. The van der Waals surface area contributed by atoms with E-state index in [2.05, 4.69) is 20.7 Å². The molecular weight excluding hydrogens is 294 g/mol. The van der Waals surface area contributed by atoms with E-state index in [1.165, 1.54) is 6.33 Å². The predicted molar refractivity (Wildman–Crippen MR) is 83.9 cm³/mol. The second-order valence-corrected chi connectivity index (χ2v) is 5.06. The first-order valence-corrected chi connectivity index (χ1v) is 7.24. The molecule has 7 nitrogen and oxygen atoms in total. The van der Waals surface area contributed by atoms with Crippen molar-refractivity contribution < 1.29 is 9.21 Å². The molecule has 1 aromatic carbocycles. The lowest BCUT2D eigenvalue weighted by Gasteiger charge is -2.15. The zero-order valence-electron chi connectivity index (χ0n) is 12.6. The van der Waals surface area contributed by atoms with Gasteiger partial charge in [-0.05, 0) is 36.8 Å². The Morgan fingerprint density at radius 3 is 2.78 bits per heavy atom. The average molecular weight is 311 g/mol. The van der Waals surface area contributed by atoms with Crippen molar-refractivity contribution in [3.05, 3.63) is 66.6 Å². The van der Waals surface area contributed by atoms with E-state index in [0.29, 0.717) is 12.3 Å². The standard InChI is InChI=1S/C16H17N5O2/c1-12(20-16(22)18-9-15-3-2-8-23-15)13-4-6-14(7-5-13)21-11-17-10-19-21/h2-8,10-12H,9H2,1H3,(H2,18,20,22). The molecule has 2 N–H and O–H groups in total. The Hall–Kier alpha value is -3.09. The van der Waals surface area contributed by atoms with Crippen LogP contribution in [0.15, 0.2) is 59.7 Å². The SMILES string of the molecule is CC(NC(=O)NCc1ccco1)c1ccc(-n2cncn2)cc1. The van der Waals surface area contributed by atoms with Gasteiger partial charge in [0.05, 0.1) is 24.5 Å². The minimum absolute atomic E-state index is 0.114. The van der Waals surface area contributed by atoms with Crippen LogP contribution >= 0.6 is 0 Å². The molecule has 0 spiro atoms. The maximum absolute atomic E-state index is 11.9. The molecule has 0 aliphatic rings. The number of rotatable bonds is 5. The van der Waals surface area contributed by atoms with Gasteiger partial charge in [-0.15, -0.1) is 0 Å². The minimum Gasteiger partial charge on any atom is -0.467 e. The van der Waals surface area contributed by atoms with Crippen molar-refractivity contribution in [3.8, 4) is 5.69 Å². The Bertz CT molecular complexity index is 735. The summed E-state index contributed by atoms with van der Waals surface area (Å²) >= 11 is 0. The van der Waals surface area contributed by atoms with Crippen LogP contribution < -0.4 is 10.6 Å². The van der Waals surface area contributed by atoms with E-state index in [-0.39, 0.29) is 12.1 Å². The molecule has 2 heterocycles. The normalized spacial score (nSPS) is 11.9. The van der Waals surface area contributed by atoms with Crippen molar-refractivity contribution in [2.45, 2.75) is 19.5 Å². The van der Waals surface area contributed by atoms with Crippen molar-refractivity contribution in [1.29, 1.82) is 0 Å². The van der Waals surface area contributed by atoms with Crippen molar-refractivity contribution >= 4 is 6.03 Å². The zero-order chi connectivity index (χ0) is 16.1. The number of carbonyl (C=O) groups excluding carboxylic acids is 1. The molecule has 0 aliphatic carbocycles. The summed E-state index contributed by atoms with van der Waals surface area (Å²) < 4.78 is 6.84. The van der Waals surface area contributed by atoms with Crippen LogP contribution in [-0.4, -0.2) is 20.8 Å². The molecule has 3 aromatic rings. The van der Waals surface area contributed by atoms with E-state index in [4.69, 9.17) is 4.42 Å². The highest BCUT2D eigenvalue weighted by atomic mass is 16.3. The first-order chi connectivity index (χ1) is 11.2. The van der Waals surface area contributed by atoms with Crippen LogP contribution in [0.1, 0.15) is 24.3 Å². The molecule has 0 saturated heterocycles. The highest BCUT2D eigenvalue weighted by Gasteiger charge is 2.10. The number of carbonyl (C=O) groups is 1. The molecule has 0 aliphatic heterocycles. The van der Waals surface area contributed by atoms with Crippen molar-refractivity contribution in [3.63, 3.8) is 0 Å². The van der Waals surface area contributed by atoms with Gasteiger partial charge in [-0.25, -0.2) is 14.5 Å². The summed E-state index contributed by atoms with van der Waals surface area (Å²) in [7, 11) is 0. The first-order valence-electron chi connectivity index (χ1n) is 7.24. The molecule has 118 valence electrons. The van der Waals surface area contributed by atoms with Gasteiger partial charge in [0, 0.05) is 0 Å². The Morgan fingerprint density at radius 2 is 2.13 bits per heavy atom. The molecule has 1 unspecified atom stereocenters. The van der Waals surface area contributed by atoms with E-state index >= 15 is 0 Å². The van der Waals surface area contributed by atoms with E-state index < -0.39 is 0 Å². The Morgan fingerprint density at radius 1 is 1.30 bits per heavy atom. The van der Waals surface area contributed by atoms with Gasteiger partial charge in [0.2, 0.25) is 0 Å². The summed E-state index contributed by atoms with van der Waals surface area (Å²) in [4.78, 5) is 15.8. The van der Waals surface area contributed by atoms with Gasteiger partial charge in [0.1, 0.15) is 18.4 Å². The molecule has 1 atom stereocenters. The van der Waals surface area contributed by atoms with Crippen molar-refractivity contribution in [2.75, 3.05) is 0 Å². The molecule has 3 rings (SSSR count). The highest BCUT2D eigenvalue weighted by molar-refractivity contribution is 5.74. The van der Waals surface area contributed by atoms with E-state index in [1.807, 2.05) is 37.3 Å². The van der Waals surface area contributed by atoms with Crippen LogP contribution in [0.4, 0.5) is 4.79 Å². The third kappa shape index (κ3) is 3.76. The zero-order valence-corrected chi connectivity index (χ0v) is 12.6. The number of hydrogen-bond donors (Lipinski definition) is 2. The number of nitrogens with one attached hydrogen (secondary N) is 2. The van der Waals surface area contributed by atoms with Gasteiger partial charge in [0.25, 0.3) is 0 Å². The monoisotopic (exact) mass is 311 g/mol. The van der Waals surface area contributed by atoms with E-state index in [9.17, 15) is 4.79 Å². The second kappa shape index (κ2) is 6.78. The van der Waals surface area contributed by atoms with Gasteiger partial charge in [-0.2, -0.15) is 5.10 Å². The lowest BCUT2D eigenvalue weighted by molar-refractivity contribution is 0.236. The molecule has 2 aromatic heterocycles. The van der Waals surface area contributed by atoms with Crippen molar-refractivity contribution in [2.24, 2.45) is 0 Å². The third-order valence-electron chi connectivity index (χ3n) is 3.43. The topological polar surface area (TPSA) is 85.0 Å². The fraction of sp³-hybridized carbons (Fsp3) is 0.188. The number of furan rings is 1. The predicted octanol–water partition coefficient (Wildman–Crippen LogP) is 2.42. The van der Waals surface area contributed by atoms with Crippen LogP contribution in [0.25, 0.3) is 5.69 Å². The van der Waals surface area contributed by atoms with Crippen LogP contribution in [0.5, 0.6) is 0 Å². The summed E-state index contributed by atoms with van der Waals surface area (Å²) in [5.74, 6) is 0.713. The quantitative estimate of drug-likeness (QED) is 0.758. The summed E-state index contributed by atoms with van der Waals surface area (Å²) in [6.45, 7) is 2.29. The largest absolute Gasteiger partial charge is 0.467 e. The Labute approximate surface area is 133 Å². The van der Waals surface area contributed by atoms with E-state index in [1.54, 1.807) is 23.3 Å². The lowest BCUT2D eigenvalue weighted by Crippen LogP contribution is -2.36. The first kappa shape index (κ1) is 14.8. The average Bonchev–Trinajstić information content (AvgIpc) is 3.26. The summed E-state index contributed by atoms with van der Waals surface area (Å²) in [6, 6.07) is 11.0. The minimum atomic E-state index is -0.241. The summed E-state index contributed by atoms with van der Waals surface area (Å²) in [5, 5.41) is 9.71. The molecule has 0 saturated carbocycles. The fourth-order valence-electron chi connectivity index (χ4n) is 2.17. The van der Waals surface area contributed by atoms with Gasteiger partial charge < -0.3 is 15.1 Å². The van der Waals surface area contributed by atoms with Crippen LogP contribution in [0, 0.1) is 0 Å². The van der Waals surface area contributed by atoms with Crippen LogP contribution in [0.3, 0.4) is 0 Å². The number of benzene rings is 1. The molecule has 0 bridgehead atoms. The van der Waals surface area contributed by atoms with Gasteiger partial charge >= 0.3 is 6.03 Å². The number of amides is 2. The molecule has 2 amide bonds. The van der Waals surface area contributed by atoms with Crippen LogP contribution in [0.2, 0.25) is 0 Å². The maximum Gasteiger partial charge on any atom is 0.315 e. The fourth-order valence-corrected chi connectivity index (χ4v) is 2.17. The molecule has 0 radical (unpaired) electrons. The number of hydrogen-bond acceptors (Lipinski definition) is 4. The van der Waals surface area contributed by atoms with Gasteiger partial charge in [0.15, 0.2) is 0 Å². The molecular formula is C16H17N5O2. The van der Waals surface area contributed by atoms with Crippen molar-refractivity contribution in [1.82, 2.24) is 25.4 Å². The lowest BCUT2D eigenvalue weighted by atomic mass is 10.1. The number of aromatic nitrogens is 3. The Kier molecular flexibility index (Phi) is 4.37. The molecule has 7 heteroatoms.